The Bertz CT molecular complexity index is 1710. The minimum Gasteiger partial charge on any atom is -0.483 e. The van der Waals surface area contributed by atoms with Crippen LogP contribution < -0.4 is 20.3 Å². The molecular formula is C37H47N3O8S2. The first-order valence-electron chi connectivity index (χ1n) is 16.9. The lowest BCUT2D eigenvalue weighted by atomic mass is 9.79. The van der Waals surface area contributed by atoms with Gasteiger partial charge >= 0.3 is 5.97 Å². The Balaban J connectivity index is 1.68. The number of carboxylic acids is 1. The van der Waals surface area contributed by atoms with E-state index in [1.165, 1.54) is 17.8 Å². The number of hydrogen-bond donors (Lipinski definition) is 4. The number of aliphatic hydroxyl groups is 1. The molecule has 0 radical (unpaired) electrons. The van der Waals surface area contributed by atoms with Crippen molar-refractivity contribution < 1.29 is 37.8 Å². The van der Waals surface area contributed by atoms with Crippen molar-refractivity contribution in [1.82, 2.24) is 10.6 Å². The number of carbonyl (C=O) groups excluding carboxylic acids is 2. The molecule has 0 saturated carbocycles. The molecule has 3 aromatic rings. The smallest absolute Gasteiger partial charge is 0.328 e. The van der Waals surface area contributed by atoms with E-state index in [9.17, 15) is 33.0 Å². The van der Waals surface area contributed by atoms with Gasteiger partial charge in [-0.25, -0.2) is 13.2 Å². The van der Waals surface area contributed by atoms with Crippen LogP contribution in [0.1, 0.15) is 64.0 Å². The van der Waals surface area contributed by atoms with E-state index in [1.807, 2.05) is 42.7 Å². The van der Waals surface area contributed by atoms with Crippen LogP contribution in [0.3, 0.4) is 0 Å². The summed E-state index contributed by atoms with van der Waals surface area (Å²) in [6.07, 6.45) is 7.14. The van der Waals surface area contributed by atoms with Crippen molar-refractivity contribution in [3.05, 3.63) is 78.4 Å². The summed E-state index contributed by atoms with van der Waals surface area (Å²) in [6, 6.07) is 18.5. The summed E-state index contributed by atoms with van der Waals surface area (Å²) in [5.74, 6) is -2.75. The van der Waals surface area contributed by atoms with Crippen molar-refractivity contribution in [2.45, 2.75) is 74.2 Å². The third-order valence-corrected chi connectivity index (χ3v) is 11.7. The van der Waals surface area contributed by atoms with Gasteiger partial charge in [-0.15, -0.1) is 11.8 Å². The molecule has 0 aromatic heterocycles. The second-order valence-corrected chi connectivity index (χ2v) is 15.4. The van der Waals surface area contributed by atoms with Crippen molar-refractivity contribution in [2.24, 2.45) is 5.41 Å². The predicted octanol–water partition coefficient (Wildman–Crippen LogP) is 5.50. The zero-order valence-electron chi connectivity index (χ0n) is 28.8. The van der Waals surface area contributed by atoms with Crippen molar-refractivity contribution in [2.75, 3.05) is 36.7 Å². The first-order chi connectivity index (χ1) is 24.0. The minimum absolute atomic E-state index is 0.00603. The van der Waals surface area contributed by atoms with Crippen LogP contribution in [0.15, 0.2) is 82.6 Å². The molecule has 0 fully saturated rings. The van der Waals surface area contributed by atoms with Crippen LogP contribution >= 0.6 is 11.8 Å². The van der Waals surface area contributed by atoms with E-state index in [0.717, 1.165) is 44.2 Å². The number of benzene rings is 3. The number of para-hydroxylation sites is 1. The van der Waals surface area contributed by atoms with E-state index in [-0.39, 0.29) is 16.4 Å². The molecule has 1 aliphatic rings. The zero-order valence-corrected chi connectivity index (χ0v) is 30.4. The quantitative estimate of drug-likeness (QED) is 0.131. The molecule has 1 unspecified atom stereocenters. The fourth-order valence-electron chi connectivity index (χ4n) is 6.31. The van der Waals surface area contributed by atoms with Gasteiger partial charge in [-0.1, -0.05) is 88.1 Å². The van der Waals surface area contributed by atoms with Crippen molar-refractivity contribution in [1.29, 1.82) is 0 Å². The maximum Gasteiger partial charge on any atom is 0.328 e. The summed E-state index contributed by atoms with van der Waals surface area (Å²) in [4.78, 5) is 40.7. The highest BCUT2D eigenvalue weighted by Gasteiger charge is 2.42. The second-order valence-electron chi connectivity index (χ2n) is 12.6. The summed E-state index contributed by atoms with van der Waals surface area (Å²) in [5.41, 5.74) is 1.37. The van der Waals surface area contributed by atoms with Gasteiger partial charge < -0.3 is 30.5 Å². The molecule has 13 heteroatoms. The minimum atomic E-state index is -3.81. The average Bonchev–Trinajstić information content (AvgIpc) is 3.21. The molecule has 1 heterocycles. The number of sulfone groups is 1. The number of carbonyl (C=O) groups is 3. The lowest BCUT2D eigenvalue weighted by Crippen LogP contribution is -2.49. The fourth-order valence-corrected chi connectivity index (χ4v) is 8.98. The molecule has 4 N–H and O–H groups in total. The maximum absolute atomic E-state index is 14.4. The number of carboxylic acid groups (broad SMARTS) is 1. The summed E-state index contributed by atoms with van der Waals surface area (Å²) in [7, 11) is -3.81. The Morgan fingerprint density at radius 3 is 2.14 bits per heavy atom. The van der Waals surface area contributed by atoms with E-state index in [2.05, 4.69) is 29.4 Å². The van der Waals surface area contributed by atoms with Gasteiger partial charge in [-0.2, -0.15) is 0 Å². The molecule has 0 spiro atoms. The van der Waals surface area contributed by atoms with Gasteiger partial charge in [0.15, 0.2) is 16.4 Å². The topological polar surface area (TPSA) is 162 Å². The highest BCUT2D eigenvalue weighted by atomic mass is 32.2. The fraction of sp³-hybridized carbons (Fsp3) is 0.432. The lowest BCUT2D eigenvalue weighted by Gasteiger charge is -2.37. The van der Waals surface area contributed by atoms with Crippen LogP contribution in [-0.4, -0.2) is 74.2 Å². The second kappa shape index (κ2) is 17.7. The average molecular weight is 726 g/mol. The maximum atomic E-state index is 14.4. The number of fused-ring (bicyclic) bond motifs is 1. The van der Waals surface area contributed by atoms with Crippen LogP contribution in [0.5, 0.6) is 5.75 Å². The molecule has 0 saturated heterocycles. The number of nitrogens with one attached hydrogen (secondary N) is 2. The van der Waals surface area contributed by atoms with Gasteiger partial charge in [0, 0.05) is 23.7 Å². The summed E-state index contributed by atoms with van der Waals surface area (Å²) < 4.78 is 34.7. The molecule has 0 aliphatic carbocycles. The molecule has 4 rings (SSSR count). The normalized spacial score (nSPS) is 16.0. The number of thioether (sulfide) groups is 1. The van der Waals surface area contributed by atoms with Crippen molar-refractivity contribution >= 4 is 50.8 Å². The predicted molar refractivity (Wildman–Crippen MR) is 195 cm³/mol. The number of rotatable bonds is 17. The molecule has 270 valence electrons. The monoisotopic (exact) mass is 725 g/mol. The Hall–Kier alpha value is -4.07. The Kier molecular flexibility index (Phi) is 13.7. The Labute approximate surface area is 298 Å². The Morgan fingerprint density at radius 2 is 1.58 bits per heavy atom. The summed E-state index contributed by atoms with van der Waals surface area (Å²) in [6.45, 7) is 3.39. The molecule has 3 aromatic carbocycles. The number of ether oxygens (including phenoxy) is 1. The third kappa shape index (κ3) is 9.58. The van der Waals surface area contributed by atoms with Crippen LogP contribution in [0.4, 0.5) is 11.4 Å². The lowest BCUT2D eigenvalue weighted by molar-refractivity contribution is -0.143. The molecular weight excluding hydrogens is 679 g/mol. The molecule has 2 amide bonds. The van der Waals surface area contributed by atoms with E-state index in [1.54, 1.807) is 30.3 Å². The van der Waals surface area contributed by atoms with E-state index in [4.69, 9.17) is 4.74 Å². The standard InChI is InChI=1S/C37H47N3O8S2/c1-4-6-18-37(19-7-5-2)24-40(27-16-12-9-13-17-27)29-20-31(49-3)30(21-32(29)50(46,47)25-37)48-23-33(42)39-34(26-14-10-8-11-15-26)35(43)38-28(22-41)36(44)45/h8-17,20-21,28,34,41H,4-7,18-19,22-25H2,1-3H3,(H,38,43)(H,39,42)(H,44,45)/t28?,34-/m1/s1. The highest BCUT2D eigenvalue weighted by molar-refractivity contribution is 7.98. The number of hydrogen-bond acceptors (Lipinski definition) is 9. The highest BCUT2D eigenvalue weighted by Crippen LogP contribution is 2.47. The number of anilines is 2. The van der Waals surface area contributed by atoms with Gasteiger partial charge in [0.2, 0.25) is 5.91 Å². The van der Waals surface area contributed by atoms with Crippen molar-refractivity contribution in [3.63, 3.8) is 0 Å². The number of amides is 2. The Morgan fingerprint density at radius 1 is 0.960 bits per heavy atom. The zero-order chi connectivity index (χ0) is 36.3. The SMILES string of the molecule is CCCCC1(CCCC)CN(c2ccccc2)c2cc(SC)c(OCC(=O)N[C@@H](C(=O)NC(CO)C(=O)O)c3ccccc3)cc2S(=O)(=O)C1. The first-order valence-corrected chi connectivity index (χ1v) is 19.7. The number of aliphatic hydroxyl groups excluding tert-OH is 1. The van der Waals surface area contributed by atoms with Gasteiger partial charge in [-0.3, -0.25) is 9.59 Å². The molecule has 0 bridgehead atoms. The van der Waals surface area contributed by atoms with Crippen LogP contribution in [-0.2, 0) is 24.2 Å². The van der Waals surface area contributed by atoms with E-state index in [0.29, 0.717) is 22.7 Å². The van der Waals surface area contributed by atoms with Crippen LogP contribution in [0.2, 0.25) is 0 Å². The van der Waals surface area contributed by atoms with Gasteiger partial charge in [-0.05, 0) is 42.9 Å². The van der Waals surface area contributed by atoms with Crippen molar-refractivity contribution in [3.8, 4) is 5.75 Å². The summed E-state index contributed by atoms with van der Waals surface area (Å²) >= 11 is 1.36. The molecule has 2 atom stereocenters. The molecule has 11 nitrogen and oxygen atoms in total. The summed E-state index contributed by atoms with van der Waals surface area (Å²) in [5, 5.41) is 23.6. The number of nitrogens with zero attached hydrogens (tertiary/aromatic N) is 1. The number of unbranched alkanes of at least 4 members (excludes halogenated alkanes) is 2. The largest absolute Gasteiger partial charge is 0.483 e. The first kappa shape index (κ1) is 38.7. The molecule has 50 heavy (non-hydrogen) atoms. The van der Waals surface area contributed by atoms with Crippen LogP contribution in [0, 0.1) is 5.41 Å². The number of aliphatic carboxylic acids is 1. The van der Waals surface area contributed by atoms with Crippen LogP contribution in [0.25, 0.3) is 0 Å². The van der Waals surface area contributed by atoms with Gasteiger partial charge in [0.25, 0.3) is 5.91 Å². The van der Waals surface area contributed by atoms with Gasteiger partial charge in [0.1, 0.15) is 17.8 Å². The molecule has 1 aliphatic heterocycles. The van der Waals surface area contributed by atoms with E-state index < -0.39 is 58.3 Å². The van der Waals surface area contributed by atoms with E-state index >= 15 is 0 Å². The third-order valence-electron chi connectivity index (χ3n) is 8.91. The van der Waals surface area contributed by atoms with Gasteiger partial charge in [0.05, 0.1) is 27.8 Å².